The molecule has 0 bridgehead atoms. The number of aryl methyl sites for hydroxylation is 2. The number of carbonyl (C=O) groups is 1. The van der Waals surface area contributed by atoms with Crippen molar-refractivity contribution in [2.24, 2.45) is 0 Å². The molecule has 3 rings (SSSR count). The van der Waals surface area contributed by atoms with Gasteiger partial charge in [-0.25, -0.2) is 0 Å². The Hall–Kier alpha value is -2.87. The number of phenolic OH excluding ortho intramolecular Hbond substituents is 1. The molecule has 3 aromatic carbocycles. The first kappa shape index (κ1) is 15.0. The Morgan fingerprint density at radius 2 is 1.43 bits per heavy atom. The number of benzene rings is 3. The second kappa shape index (κ2) is 6.93. The topological polar surface area (TPSA) is 37.3 Å². The third-order valence-electron chi connectivity index (χ3n) is 3.90. The number of aromatic hydroxyl groups is 1. The maximum atomic E-state index is 12.7. The first-order chi connectivity index (χ1) is 11.2. The Balaban J connectivity index is 1.87. The van der Waals surface area contributed by atoms with E-state index in [1.54, 1.807) is 18.2 Å². The molecule has 3 aromatic rings. The summed E-state index contributed by atoms with van der Waals surface area (Å²) in [4.78, 5) is 12.7. The van der Waals surface area contributed by atoms with Crippen molar-refractivity contribution in [3.05, 3.63) is 101 Å². The summed E-state index contributed by atoms with van der Waals surface area (Å²) in [7, 11) is 0. The van der Waals surface area contributed by atoms with E-state index in [0.717, 1.165) is 12.0 Å². The molecule has 2 heteroatoms. The van der Waals surface area contributed by atoms with E-state index in [9.17, 15) is 9.90 Å². The van der Waals surface area contributed by atoms with Gasteiger partial charge >= 0.3 is 0 Å². The van der Waals surface area contributed by atoms with E-state index < -0.39 is 0 Å². The highest BCUT2D eigenvalue weighted by atomic mass is 16.3. The minimum absolute atomic E-state index is 0.00587. The van der Waals surface area contributed by atoms with E-state index in [0.29, 0.717) is 17.5 Å². The number of phenols is 1. The summed E-state index contributed by atoms with van der Waals surface area (Å²) in [5.74, 6) is 0.186. The van der Waals surface area contributed by atoms with Gasteiger partial charge < -0.3 is 5.11 Å². The monoisotopic (exact) mass is 302 g/mol. The minimum Gasteiger partial charge on any atom is -0.508 e. The average Bonchev–Trinajstić information content (AvgIpc) is 2.61. The molecule has 2 nitrogen and oxygen atoms in total. The molecule has 0 aliphatic rings. The zero-order chi connectivity index (χ0) is 16.1. The highest BCUT2D eigenvalue weighted by Gasteiger charge is 2.14. The van der Waals surface area contributed by atoms with E-state index in [4.69, 9.17) is 0 Å². The zero-order valence-corrected chi connectivity index (χ0v) is 12.8. The Kier molecular flexibility index (Phi) is 4.53. The number of carbonyl (C=O) groups excluding carboxylic acids is 1. The molecule has 0 atom stereocenters. The van der Waals surface area contributed by atoms with Crippen LogP contribution in [0.25, 0.3) is 0 Å². The normalized spacial score (nSPS) is 10.4. The van der Waals surface area contributed by atoms with Crippen LogP contribution < -0.4 is 0 Å². The maximum Gasteiger partial charge on any atom is 0.193 e. The Labute approximate surface area is 136 Å². The molecule has 0 amide bonds. The largest absolute Gasteiger partial charge is 0.508 e. The lowest BCUT2D eigenvalue weighted by atomic mass is 9.94. The second-order valence-electron chi connectivity index (χ2n) is 5.52. The Morgan fingerprint density at radius 3 is 2.13 bits per heavy atom. The third-order valence-corrected chi connectivity index (χ3v) is 3.90. The molecule has 0 radical (unpaired) electrons. The average molecular weight is 302 g/mol. The van der Waals surface area contributed by atoms with Gasteiger partial charge in [-0.1, -0.05) is 60.7 Å². The predicted octanol–water partition coefficient (Wildman–Crippen LogP) is 4.41. The standard InChI is InChI=1S/C21H18O2/c22-19-13-14-20(21(23)17-9-5-2-6-10-17)18(15-19)12-11-16-7-3-1-4-8-16/h1-10,13-15,22H,11-12H2. The summed E-state index contributed by atoms with van der Waals surface area (Å²) >= 11 is 0. The number of rotatable bonds is 5. The van der Waals surface area contributed by atoms with Crippen molar-refractivity contribution in [2.45, 2.75) is 12.8 Å². The first-order valence-electron chi connectivity index (χ1n) is 7.69. The van der Waals surface area contributed by atoms with E-state index in [2.05, 4.69) is 12.1 Å². The summed E-state index contributed by atoms with van der Waals surface area (Å²) in [5, 5.41) is 9.78. The van der Waals surface area contributed by atoms with Gasteiger partial charge in [0, 0.05) is 11.1 Å². The lowest BCUT2D eigenvalue weighted by Gasteiger charge is -2.10. The SMILES string of the molecule is O=C(c1ccccc1)c1ccc(O)cc1CCc1ccccc1. The Bertz CT molecular complexity index is 793. The van der Waals surface area contributed by atoms with Crippen LogP contribution in [0.5, 0.6) is 5.75 Å². The second-order valence-corrected chi connectivity index (χ2v) is 5.52. The van der Waals surface area contributed by atoms with E-state index in [1.165, 1.54) is 5.56 Å². The van der Waals surface area contributed by atoms with Gasteiger partial charge in [-0.15, -0.1) is 0 Å². The van der Waals surface area contributed by atoms with Crippen molar-refractivity contribution in [3.63, 3.8) is 0 Å². The van der Waals surface area contributed by atoms with Gasteiger partial charge in [0.2, 0.25) is 0 Å². The van der Waals surface area contributed by atoms with Crippen LogP contribution >= 0.6 is 0 Å². The van der Waals surface area contributed by atoms with Gasteiger partial charge in [0.25, 0.3) is 0 Å². The molecule has 0 saturated carbocycles. The van der Waals surface area contributed by atoms with Gasteiger partial charge in [0.15, 0.2) is 5.78 Å². The van der Waals surface area contributed by atoms with Crippen molar-refractivity contribution >= 4 is 5.78 Å². The molecule has 0 saturated heterocycles. The fourth-order valence-electron chi connectivity index (χ4n) is 2.68. The molecule has 0 fully saturated rings. The molecular formula is C21H18O2. The molecule has 0 aliphatic carbocycles. The lowest BCUT2D eigenvalue weighted by molar-refractivity contribution is 0.103. The van der Waals surface area contributed by atoms with Gasteiger partial charge in [0.1, 0.15) is 5.75 Å². The predicted molar refractivity (Wildman–Crippen MR) is 91.8 cm³/mol. The molecule has 0 aromatic heterocycles. The molecule has 1 N–H and O–H groups in total. The molecular weight excluding hydrogens is 284 g/mol. The van der Waals surface area contributed by atoms with Crippen LogP contribution in [-0.4, -0.2) is 10.9 Å². The third kappa shape index (κ3) is 3.67. The molecule has 23 heavy (non-hydrogen) atoms. The van der Waals surface area contributed by atoms with Crippen LogP contribution in [0.4, 0.5) is 0 Å². The summed E-state index contributed by atoms with van der Waals surface area (Å²) < 4.78 is 0. The summed E-state index contributed by atoms with van der Waals surface area (Å²) in [6.07, 6.45) is 1.55. The van der Waals surface area contributed by atoms with E-state index in [1.807, 2.05) is 48.5 Å². The van der Waals surface area contributed by atoms with Crippen LogP contribution in [0.3, 0.4) is 0 Å². The van der Waals surface area contributed by atoms with Gasteiger partial charge in [-0.05, 0) is 42.2 Å². The van der Waals surface area contributed by atoms with E-state index in [-0.39, 0.29) is 11.5 Å². The Morgan fingerprint density at radius 1 is 0.783 bits per heavy atom. The van der Waals surface area contributed by atoms with Crippen LogP contribution in [0.15, 0.2) is 78.9 Å². The fraction of sp³-hybridized carbons (Fsp3) is 0.0952. The molecule has 0 heterocycles. The number of hydrogen-bond acceptors (Lipinski definition) is 2. The van der Waals surface area contributed by atoms with Crippen molar-refractivity contribution in [1.29, 1.82) is 0 Å². The summed E-state index contributed by atoms with van der Waals surface area (Å²) in [6.45, 7) is 0. The van der Waals surface area contributed by atoms with Crippen molar-refractivity contribution in [1.82, 2.24) is 0 Å². The number of ketones is 1. The van der Waals surface area contributed by atoms with Gasteiger partial charge in [0.05, 0.1) is 0 Å². The van der Waals surface area contributed by atoms with Gasteiger partial charge in [-0.3, -0.25) is 4.79 Å². The van der Waals surface area contributed by atoms with Crippen LogP contribution in [-0.2, 0) is 12.8 Å². The minimum atomic E-state index is -0.00587. The quantitative estimate of drug-likeness (QED) is 0.709. The zero-order valence-electron chi connectivity index (χ0n) is 12.8. The molecule has 0 spiro atoms. The first-order valence-corrected chi connectivity index (χ1v) is 7.69. The van der Waals surface area contributed by atoms with Crippen LogP contribution in [0.2, 0.25) is 0 Å². The molecule has 114 valence electrons. The van der Waals surface area contributed by atoms with Crippen molar-refractivity contribution < 1.29 is 9.90 Å². The van der Waals surface area contributed by atoms with Gasteiger partial charge in [-0.2, -0.15) is 0 Å². The molecule has 0 unspecified atom stereocenters. The highest BCUT2D eigenvalue weighted by molar-refractivity contribution is 6.10. The van der Waals surface area contributed by atoms with Crippen molar-refractivity contribution in [2.75, 3.05) is 0 Å². The summed E-state index contributed by atoms with van der Waals surface area (Å²) in [6, 6.07) is 24.4. The lowest BCUT2D eigenvalue weighted by Crippen LogP contribution is -2.06. The summed E-state index contributed by atoms with van der Waals surface area (Å²) in [5.41, 5.74) is 3.42. The van der Waals surface area contributed by atoms with Crippen LogP contribution in [0.1, 0.15) is 27.0 Å². The smallest absolute Gasteiger partial charge is 0.193 e. The molecule has 0 aliphatic heterocycles. The highest BCUT2D eigenvalue weighted by Crippen LogP contribution is 2.21. The maximum absolute atomic E-state index is 12.7. The number of hydrogen-bond donors (Lipinski definition) is 1. The van der Waals surface area contributed by atoms with Crippen molar-refractivity contribution in [3.8, 4) is 5.75 Å². The fourth-order valence-corrected chi connectivity index (χ4v) is 2.68. The van der Waals surface area contributed by atoms with E-state index >= 15 is 0 Å². The van der Waals surface area contributed by atoms with Crippen LogP contribution in [0, 0.1) is 0 Å².